The van der Waals surface area contributed by atoms with Crippen LogP contribution in [-0.4, -0.2) is 24.0 Å². The molecular weight excluding hydrogens is 332 g/mol. The van der Waals surface area contributed by atoms with E-state index in [2.05, 4.69) is 9.47 Å². The molecule has 1 unspecified atom stereocenters. The molecule has 0 saturated carbocycles. The average molecular weight is 335 g/mol. The summed E-state index contributed by atoms with van der Waals surface area (Å²) in [7, 11) is 0. The molecule has 21 heavy (non-hydrogen) atoms. The van der Waals surface area contributed by atoms with E-state index >= 15 is 0 Å². The van der Waals surface area contributed by atoms with Crippen LogP contribution in [0.3, 0.4) is 0 Å². The van der Waals surface area contributed by atoms with Gasteiger partial charge >= 0.3 is 36.1 Å². The second-order valence-corrected chi connectivity index (χ2v) is 3.37. The van der Waals surface area contributed by atoms with Gasteiger partial charge in [0.05, 0.1) is 0 Å². The first-order chi connectivity index (χ1) is 9.09. The second kappa shape index (κ2) is 5.58. The molecule has 0 radical (unpaired) electrons. The molecule has 0 rings (SSSR count). The van der Waals surface area contributed by atoms with Crippen LogP contribution >= 0.6 is 0 Å². The van der Waals surface area contributed by atoms with Crippen LogP contribution in [-0.2, 0) is 9.47 Å². The molecule has 0 aromatic heterocycles. The zero-order valence-corrected chi connectivity index (χ0v) is 9.54. The Kier molecular flexibility index (Phi) is 5.13. The lowest BCUT2D eigenvalue weighted by Crippen LogP contribution is -2.54. The van der Waals surface area contributed by atoms with Gasteiger partial charge in [-0.2, -0.15) is 44.8 Å². The van der Waals surface area contributed by atoms with E-state index in [4.69, 9.17) is 5.26 Å². The summed E-state index contributed by atoms with van der Waals surface area (Å²) in [5.41, 5.74) is 0. The van der Waals surface area contributed by atoms with Crippen molar-refractivity contribution in [2.45, 2.75) is 30.9 Å². The van der Waals surface area contributed by atoms with Crippen LogP contribution < -0.4 is 0 Å². The van der Waals surface area contributed by atoms with E-state index in [0.29, 0.717) is 0 Å². The Morgan fingerprint density at radius 2 is 1.33 bits per heavy atom. The van der Waals surface area contributed by atoms with Crippen molar-refractivity contribution in [1.82, 2.24) is 0 Å². The van der Waals surface area contributed by atoms with Crippen molar-refractivity contribution < 1.29 is 53.4 Å². The number of nitrogens with zero attached hydrogens (tertiary/aromatic N) is 1. The van der Waals surface area contributed by atoms with Crippen molar-refractivity contribution in [1.29, 1.82) is 5.26 Å². The number of nitriles is 1. The lowest BCUT2D eigenvalue weighted by Gasteiger charge is -2.32. The monoisotopic (exact) mass is 335 g/mol. The fourth-order valence-electron chi connectivity index (χ4n) is 0.672. The van der Waals surface area contributed by atoms with Crippen molar-refractivity contribution in [3.63, 3.8) is 0 Å². The third-order valence-electron chi connectivity index (χ3n) is 1.71. The van der Waals surface area contributed by atoms with E-state index in [-0.39, 0.29) is 6.07 Å². The van der Waals surface area contributed by atoms with Gasteiger partial charge in [-0.15, -0.1) is 0 Å². The molecule has 13 heteroatoms. The van der Waals surface area contributed by atoms with Crippen LogP contribution in [0.1, 0.15) is 6.92 Å². The van der Waals surface area contributed by atoms with Gasteiger partial charge in [-0.05, 0) is 0 Å². The second-order valence-electron chi connectivity index (χ2n) is 3.37. The Morgan fingerprint density at radius 3 is 1.67 bits per heavy atom. The van der Waals surface area contributed by atoms with E-state index in [9.17, 15) is 43.9 Å². The molecule has 0 bridgehead atoms. The molecule has 0 aliphatic rings. The Labute approximate surface area is 109 Å². The third kappa shape index (κ3) is 4.13. The maximum Gasteiger partial charge on any atom is 0.461 e. The maximum atomic E-state index is 13.2. The number of halogens is 10. The topological polar surface area (TPSA) is 42.2 Å². The summed E-state index contributed by atoms with van der Waals surface area (Å²) in [5, 5.41) is 7.68. The van der Waals surface area contributed by atoms with Gasteiger partial charge in [0, 0.05) is 6.92 Å². The van der Waals surface area contributed by atoms with Gasteiger partial charge in [-0.25, -0.2) is 4.39 Å². The Bertz CT molecular complexity index is 462. The molecule has 122 valence electrons. The fraction of sp³-hybridized carbons (Fsp3) is 0.625. The third-order valence-corrected chi connectivity index (χ3v) is 1.71. The van der Waals surface area contributed by atoms with Gasteiger partial charge in [0.15, 0.2) is 0 Å². The zero-order chi connectivity index (χ0) is 17.3. The first-order valence-corrected chi connectivity index (χ1v) is 4.43. The minimum absolute atomic E-state index is 0.349. The molecule has 0 fully saturated rings. The summed E-state index contributed by atoms with van der Waals surface area (Å²) in [4.78, 5) is 0. The highest BCUT2D eigenvalue weighted by atomic mass is 19.3. The lowest BCUT2D eigenvalue weighted by molar-refractivity contribution is -0.454. The molecule has 0 aliphatic heterocycles. The van der Waals surface area contributed by atoms with Gasteiger partial charge in [-0.1, -0.05) is 0 Å². The fourth-order valence-corrected chi connectivity index (χ4v) is 0.672. The number of ether oxygens (including phenoxy) is 2. The van der Waals surface area contributed by atoms with Crippen molar-refractivity contribution in [3.05, 3.63) is 12.1 Å². The summed E-state index contributed by atoms with van der Waals surface area (Å²) in [6.07, 6.45) is -15.4. The van der Waals surface area contributed by atoms with Crippen LogP contribution in [0.25, 0.3) is 0 Å². The molecule has 0 amide bonds. The van der Waals surface area contributed by atoms with Gasteiger partial charge in [0.2, 0.25) is 0 Å². The van der Waals surface area contributed by atoms with Crippen molar-refractivity contribution >= 4 is 0 Å². The van der Waals surface area contributed by atoms with E-state index in [1.807, 2.05) is 0 Å². The highest BCUT2D eigenvalue weighted by Gasteiger charge is 2.68. The predicted octanol–water partition coefficient (Wildman–Crippen LogP) is 4.08. The van der Waals surface area contributed by atoms with Crippen LogP contribution in [0.2, 0.25) is 0 Å². The predicted molar refractivity (Wildman–Crippen MR) is 42.5 cm³/mol. The number of alkyl halides is 7. The molecule has 0 aromatic rings. The van der Waals surface area contributed by atoms with Gasteiger partial charge in [0.1, 0.15) is 6.07 Å². The van der Waals surface area contributed by atoms with Crippen molar-refractivity contribution in [2.24, 2.45) is 0 Å². The highest BCUT2D eigenvalue weighted by molar-refractivity contribution is 4.99. The Hall–Kier alpha value is -1.71. The van der Waals surface area contributed by atoms with E-state index < -0.39 is 43.0 Å². The molecule has 0 spiro atoms. The van der Waals surface area contributed by atoms with Crippen molar-refractivity contribution in [2.75, 3.05) is 0 Å². The van der Waals surface area contributed by atoms with Crippen LogP contribution in [0.4, 0.5) is 43.9 Å². The Balaban J connectivity index is 5.41. The van der Waals surface area contributed by atoms with Gasteiger partial charge in [0.25, 0.3) is 0 Å². The molecule has 0 N–H and O–H groups in total. The van der Waals surface area contributed by atoms with Gasteiger partial charge < -0.3 is 4.74 Å². The van der Waals surface area contributed by atoms with E-state index in [1.54, 1.807) is 0 Å². The molecule has 0 aromatic carbocycles. The summed E-state index contributed by atoms with van der Waals surface area (Å²) in [6.45, 7) is -0.627. The first kappa shape index (κ1) is 19.3. The van der Waals surface area contributed by atoms with Crippen LogP contribution in [0, 0.1) is 11.3 Å². The number of rotatable bonds is 6. The lowest BCUT2D eigenvalue weighted by atomic mass is 10.3. The summed E-state index contributed by atoms with van der Waals surface area (Å²) >= 11 is 0. The van der Waals surface area contributed by atoms with E-state index in [1.165, 1.54) is 0 Å². The average Bonchev–Trinajstić information content (AvgIpc) is 2.26. The molecule has 0 aliphatic carbocycles. The van der Waals surface area contributed by atoms with E-state index in [0.717, 1.165) is 0 Å². The molecule has 1 atom stereocenters. The standard InChI is InChI=1S/C8H3F10NO2/c1-5(12,7(15,16)20-4(11)3(9)10)21-8(17,18)6(13,14)2-19/h1H3. The number of hydrogen-bond acceptors (Lipinski definition) is 3. The molecule has 3 nitrogen and oxygen atoms in total. The van der Waals surface area contributed by atoms with Crippen LogP contribution in [0.15, 0.2) is 12.1 Å². The molecule has 0 saturated heterocycles. The normalized spacial score (nSPS) is 15.9. The minimum Gasteiger partial charge on any atom is -0.398 e. The highest BCUT2D eigenvalue weighted by Crippen LogP contribution is 2.45. The van der Waals surface area contributed by atoms with Gasteiger partial charge in [-0.3, -0.25) is 4.74 Å². The maximum absolute atomic E-state index is 13.2. The van der Waals surface area contributed by atoms with Crippen LogP contribution in [0.5, 0.6) is 0 Å². The smallest absolute Gasteiger partial charge is 0.398 e. The van der Waals surface area contributed by atoms with Crippen molar-refractivity contribution in [3.8, 4) is 6.07 Å². The Morgan fingerprint density at radius 1 is 0.905 bits per heavy atom. The summed E-state index contributed by atoms with van der Waals surface area (Å²) < 4.78 is 129. The summed E-state index contributed by atoms with van der Waals surface area (Å²) in [5.74, 6) is -10.9. The summed E-state index contributed by atoms with van der Waals surface area (Å²) in [6, 6.07) is -3.69. The quantitative estimate of drug-likeness (QED) is 0.542. The SMILES string of the molecule is CC(F)(OC(F)(F)C(F)(F)C#N)C(F)(F)OC(F)=C(F)F. The number of hydrogen-bond donors (Lipinski definition) is 0. The minimum atomic E-state index is -6.09. The largest absolute Gasteiger partial charge is 0.461 e. The molecule has 0 heterocycles. The first-order valence-electron chi connectivity index (χ1n) is 4.43. The molecular formula is C8H3F10NO2. The zero-order valence-electron chi connectivity index (χ0n) is 9.54.